The normalized spacial score (nSPS) is 20.4. The van der Waals surface area contributed by atoms with Gasteiger partial charge in [-0.25, -0.2) is 4.98 Å². The number of imidazole rings is 1. The van der Waals surface area contributed by atoms with Gasteiger partial charge in [-0.15, -0.1) is 0 Å². The van der Waals surface area contributed by atoms with Crippen LogP contribution in [0.25, 0.3) is 0 Å². The highest BCUT2D eigenvalue weighted by Gasteiger charge is 2.34. The molecule has 0 saturated carbocycles. The van der Waals surface area contributed by atoms with Crippen LogP contribution in [0, 0.1) is 13.8 Å². The zero-order valence-electron chi connectivity index (χ0n) is 16.8. The van der Waals surface area contributed by atoms with Crippen LogP contribution in [0.15, 0.2) is 49.2 Å². The Bertz CT molecular complexity index is 836. The number of likely N-dealkylation sites (tertiary alicyclic amines) is 1. The van der Waals surface area contributed by atoms with E-state index in [1.165, 1.54) is 34.6 Å². The van der Waals surface area contributed by atoms with Crippen molar-refractivity contribution < 1.29 is 0 Å². The van der Waals surface area contributed by atoms with E-state index < -0.39 is 0 Å². The average Bonchev–Trinajstić information content (AvgIpc) is 3.23. The molecule has 4 rings (SSSR count). The number of aromatic nitrogens is 4. The van der Waals surface area contributed by atoms with Crippen molar-refractivity contribution in [2.45, 2.75) is 58.0 Å². The molecule has 4 heterocycles. The first-order chi connectivity index (χ1) is 13.7. The lowest BCUT2D eigenvalue weighted by Gasteiger charge is -2.42. The SMILES string of the molecule is Cc1cccnc1C1CCC[C@@H](c2ncccc2C)N1CCCc1cnc[nH]1. The summed E-state index contributed by atoms with van der Waals surface area (Å²) >= 11 is 0. The number of piperidine rings is 1. The van der Waals surface area contributed by atoms with Gasteiger partial charge < -0.3 is 4.98 Å². The number of hydrogen-bond donors (Lipinski definition) is 1. The standard InChI is InChI=1S/C23H29N5/c1-17-7-4-12-25-22(17)20-10-3-11-21(23-18(2)8-5-13-26-23)28(20)14-6-9-19-15-24-16-27-19/h4-5,7-8,12-13,15-16,20-21H,3,6,9-11,14H2,1-2H3,(H,24,27)/t20-,21?/m0/s1. The predicted octanol–water partition coefficient (Wildman–Crippen LogP) is 4.72. The molecule has 3 aromatic rings. The van der Waals surface area contributed by atoms with Crippen LogP contribution < -0.4 is 0 Å². The van der Waals surface area contributed by atoms with Crippen molar-refractivity contribution >= 4 is 0 Å². The molecule has 1 unspecified atom stereocenters. The van der Waals surface area contributed by atoms with Crippen LogP contribution in [0.5, 0.6) is 0 Å². The van der Waals surface area contributed by atoms with Crippen LogP contribution in [-0.4, -0.2) is 31.4 Å². The van der Waals surface area contributed by atoms with E-state index in [4.69, 9.17) is 9.97 Å². The highest BCUT2D eigenvalue weighted by Crippen LogP contribution is 2.42. The Morgan fingerprint density at radius 1 is 1.00 bits per heavy atom. The van der Waals surface area contributed by atoms with Crippen LogP contribution >= 0.6 is 0 Å². The molecule has 5 heteroatoms. The van der Waals surface area contributed by atoms with E-state index in [1.54, 1.807) is 6.33 Å². The molecule has 146 valence electrons. The topological polar surface area (TPSA) is 57.7 Å². The quantitative estimate of drug-likeness (QED) is 0.677. The molecule has 0 aliphatic carbocycles. The number of nitrogens with zero attached hydrogens (tertiary/aromatic N) is 4. The summed E-state index contributed by atoms with van der Waals surface area (Å²) in [4.78, 5) is 19.6. The molecule has 1 saturated heterocycles. The maximum Gasteiger partial charge on any atom is 0.0921 e. The second-order valence-corrected chi connectivity index (χ2v) is 7.79. The Hall–Kier alpha value is -2.53. The van der Waals surface area contributed by atoms with Gasteiger partial charge in [0.1, 0.15) is 0 Å². The first-order valence-corrected chi connectivity index (χ1v) is 10.3. The van der Waals surface area contributed by atoms with Gasteiger partial charge in [0.05, 0.1) is 29.8 Å². The van der Waals surface area contributed by atoms with E-state index in [9.17, 15) is 0 Å². The molecule has 1 aliphatic heterocycles. The third-order valence-corrected chi connectivity index (χ3v) is 5.90. The molecule has 1 aliphatic rings. The van der Waals surface area contributed by atoms with Crippen molar-refractivity contribution in [1.29, 1.82) is 0 Å². The molecule has 3 aromatic heterocycles. The predicted molar refractivity (Wildman–Crippen MR) is 111 cm³/mol. The minimum absolute atomic E-state index is 0.350. The number of pyridine rings is 2. The van der Waals surface area contributed by atoms with Gasteiger partial charge in [-0.05, 0) is 75.8 Å². The lowest BCUT2D eigenvalue weighted by Crippen LogP contribution is -2.38. The zero-order valence-corrected chi connectivity index (χ0v) is 16.8. The number of H-pyrrole nitrogens is 1. The molecule has 0 bridgehead atoms. The van der Waals surface area contributed by atoms with E-state index in [1.807, 2.05) is 30.7 Å². The van der Waals surface area contributed by atoms with Gasteiger partial charge in [0.25, 0.3) is 0 Å². The Morgan fingerprint density at radius 2 is 1.64 bits per heavy atom. The van der Waals surface area contributed by atoms with Crippen molar-refractivity contribution in [3.63, 3.8) is 0 Å². The summed E-state index contributed by atoms with van der Waals surface area (Å²) < 4.78 is 0. The van der Waals surface area contributed by atoms with Gasteiger partial charge in [-0.1, -0.05) is 12.1 Å². The number of nitrogens with one attached hydrogen (secondary N) is 1. The molecule has 5 nitrogen and oxygen atoms in total. The first kappa shape index (κ1) is 18.8. The largest absolute Gasteiger partial charge is 0.348 e. The Balaban J connectivity index is 1.62. The fraction of sp³-hybridized carbons (Fsp3) is 0.435. The second kappa shape index (κ2) is 8.65. The van der Waals surface area contributed by atoms with Crippen molar-refractivity contribution in [1.82, 2.24) is 24.8 Å². The fourth-order valence-corrected chi connectivity index (χ4v) is 4.52. The second-order valence-electron chi connectivity index (χ2n) is 7.79. The van der Waals surface area contributed by atoms with E-state index >= 15 is 0 Å². The molecule has 2 atom stereocenters. The van der Waals surface area contributed by atoms with Gasteiger partial charge in [0.2, 0.25) is 0 Å². The first-order valence-electron chi connectivity index (χ1n) is 10.3. The molecule has 0 aromatic carbocycles. The summed E-state index contributed by atoms with van der Waals surface area (Å²) in [6, 6.07) is 9.13. The third kappa shape index (κ3) is 3.99. The minimum Gasteiger partial charge on any atom is -0.348 e. The molecule has 28 heavy (non-hydrogen) atoms. The maximum atomic E-state index is 4.78. The van der Waals surface area contributed by atoms with Gasteiger partial charge in [-0.3, -0.25) is 14.9 Å². The van der Waals surface area contributed by atoms with Gasteiger partial charge in [0, 0.05) is 24.3 Å². The Kier molecular flexibility index (Phi) is 5.81. The minimum atomic E-state index is 0.350. The Morgan fingerprint density at radius 3 is 2.18 bits per heavy atom. The third-order valence-electron chi connectivity index (χ3n) is 5.90. The summed E-state index contributed by atoms with van der Waals surface area (Å²) in [5.74, 6) is 0. The monoisotopic (exact) mass is 375 g/mol. The highest BCUT2D eigenvalue weighted by atomic mass is 15.2. The molecule has 0 amide bonds. The van der Waals surface area contributed by atoms with Crippen molar-refractivity contribution in [2.75, 3.05) is 6.54 Å². The summed E-state index contributed by atoms with van der Waals surface area (Å²) in [6.07, 6.45) is 13.2. The lowest BCUT2D eigenvalue weighted by atomic mass is 9.88. The smallest absolute Gasteiger partial charge is 0.0921 e. The molecular weight excluding hydrogens is 346 g/mol. The van der Waals surface area contributed by atoms with E-state index in [-0.39, 0.29) is 0 Å². The van der Waals surface area contributed by atoms with Crippen LogP contribution in [-0.2, 0) is 6.42 Å². The van der Waals surface area contributed by atoms with Crippen molar-refractivity contribution in [3.05, 3.63) is 77.4 Å². The number of aryl methyl sites for hydroxylation is 3. The summed E-state index contributed by atoms with van der Waals surface area (Å²) in [5, 5.41) is 0. The van der Waals surface area contributed by atoms with E-state index in [2.05, 4.69) is 40.8 Å². The van der Waals surface area contributed by atoms with Crippen LogP contribution in [0.3, 0.4) is 0 Å². The number of aromatic amines is 1. The summed E-state index contributed by atoms with van der Waals surface area (Å²) in [6.45, 7) is 5.39. The molecule has 1 fully saturated rings. The van der Waals surface area contributed by atoms with Crippen LogP contribution in [0.1, 0.15) is 66.0 Å². The van der Waals surface area contributed by atoms with E-state index in [0.29, 0.717) is 12.1 Å². The van der Waals surface area contributed by atoms with Gasteiger partial charge >= 0.3 is 0 Å². The van der Waals surface area contributed by atoms with Crippen molar-refractivity contribution in [3.8, 4) is 0 Å². The van der Waals surface area contributed by atoms with Crippen LogP contribution in [0.4, 0.5) is 0 Å². The molecule has 1 N–H and O–H groups in total. The zero-order chi connectivity index (χ0) is 19.3. The lowest BCUT2D eigenvalue weighted by molar-refractivity contribution is 0.0749. The number of rotatable bonds is 6. The highest BCUT2D eigenvalue weighted by molar-refractivity contribution is 5.26. The average molecular weight is 376 g/mol. The van der Waals surface area contributed by atoms with E-state index in [0.717, 1.165) is 32.2 Å². The maximum absolute atomic E-state index is 4.78. The molecule has 0 spiro atoms. The molecular formula is C23H29N5. The summed E-state index contributed by atoms with van der Waals surface area (Å²) in [7, 11) is 0. The molecule has 0 radical (unpaired) electrons. The van der Waals surface area contributed by atoms with Gasteiger partial charge in [0.15, 0.2) is 0 Å². The fourth-order valence-electron chi connectivity index (χ4n) is 4.52. The Labute approximate surface area is 167 Å². The summed E-state index contributed by atoms with van der Waals surface area (Å²) in [5.41, 5.74) is 6.21. The van der Waals surface area contributed by atoms with Crippen LogP contribution in [0.2, 0.25) is 0 Å². The number of hydrogen-bond acceptors (Lipinski definition) is 4. The van der Waals surface area contributed by atoms with Crippen molar-refractivity contribution in [2.24, 2.45) is 0 Å². The van der Waals surface area contributed by atoms with Gasteiger partial charge in [-0.2, -0.15) is 0 Å².